The molecule has 0 radical (unpaired) electrons. The Kier molecular flexibility index (Phi) is 2.91. The number of aromatic nitrogens is 1. The van der Waals surface area contributed by atoms with Crippen LogP contribution in [0.15, 0.2) is 23.3 Å². The van der Waals surface area contributed by atoms with E-state index in [1.807, 2.05) is 12.1 Å². The van der Waals surface area contributed by atoms with Gasteiger partial charge in [-0.1, -0.05) is 0 Å². The molecule has 0 bridgehead atoms. The Morgan fingerprint density at radius 3 is 2.92 bits per heavy atom. The predicted octanol–water partition coefficient (Wildman–Crippen LogP) is -0.502. The molecular weight excluding hydrogens is 170 g/mol. The fraction of sp³-hybridized carbons (Fsp3) is 0.143. The molecule has 0 saturated heterocycles. The standard InChI is InChI=1S/C7H11N5O/c8-6(9)12-7(13)11-4-5-2-1-3-10-5/h1-3,10H,4H2,(H5,8,9,11,12,13). The number of hydrogen-bond donors (Lipinski definition) is 4. The van der Waals surface area contributed by atoms with Crippen molar-refractivity contribution in [3.8, 4) is 0 Å². The second kappa shape index (κ2) is 4.15. The minimum absolute atomic E-state index is 0.246. The first kappa shape index (κ1) is 9.11. The summed E-state index contributed by atoms with van der Waals surface area (Å²) in [4.78, 5) is 17.1. The highest BCUT2D eigenvalue weighted by Gasteiger charge is 1.98. The molecule has 6 nitrogen and oxygen atoms in total. The molecule has 6 N–H and O–H groups in total. The Labute approximate surface area is 75.0 Å². The van der Waals surface area contributed by atoms with E-state index in [0.29, 0.717) is 6.54 Å². The Morgan fingerprint density at radius 2 is 2.38 bits per heavy atom. The van der Waals surface area contributed by atoms with Gasteiger partial charge in [0.2, 0.25) is 0 Å². The normalized spacial score (nSPS) is 9.23. The molecule has 1 rings (SSSR count). The van der Waals surface area contributed by atoms with Crippen molar-refractivity contribution in [2.75, 3.05) is 0 Å². The molecule has 0 saturated carbocycles. The first-order valence-corrected chi connectivity index (χ1v) is 3.68. The molecule has 1 aromatic rings. The summed E-state index contributed by atoms with van der Waals surface area (Å²) in [7, 11) is 0. The number of aromatic amines is 1. The second-order valence-electron chi connectivity index (χ2n) is 2.39. The van der Waals surface area contributed by atoms with Crippen molar-refractivity contribution in [3.05, 3.63) is 24.0 Å². The molecule has 1 heterocycles. The molecule has 13 heavy (non-hydrogen) atoms. The van der Waals surface area contributed by atoms with Crippen LogP contribution in [0.4, 0.5) is 4.79 Å². The molecule has 0 atom stereocenters. The van der Waals surface area contributed by atoms with Crippen LogP contribution in [0, 0.1) is 0 Å². The van der Waals surface area contributed by atoms with Gasteiger partial charge in [0.1, 0.15) is 0 Å². The van der Waals surface area contributed by atoms with Gasteiger partial charge >= 0.3 is 6.03 Å². The number of nitrogens with one attached hydrogen (secondary N) is 2. The van der Waals surface area contributed by atoms with Crippen LogP contribution in [0.5, 0.6) is 0 Å². The van der Waals surface area contributed by atoms with Crippen LogP contribution in [0.2, 0.25) is 0 Å². The predicted molar refractivity (Wildman–Crippen MR) is 48.8 cm³/mol. The first-order valence-electron chi connectivity index (χ1n) is 3.68. The van der Waals surface area contributed by atoms with Gasteiger partial charge in [-0.25, -0.2) is 4.79 Å². The smallest absolute Gasteiger partial charge is 0.344 e. The van der Waals surface area contributed by atoms with Crippen molar-refractivity contribution < 1.29 is 4.79 Å². The third-order valence-electron chi connectivity index (χ3n) is 1.32. The monoisotopic (exact) mass is 181 g/mol. The molecule has 0 spiro atoms. The SMILES string of the molecule is NC(N)=NC(=O)NCc1ccc[nH]1. The zero-order chi connectivity index (χ0) is 9.68. The van der Waals surface area contributed by atoms with E-state index in [-0.39, 0.29) is 5.96 Å². The largest absolute Gasteiger partial charge is 0.370 e. The zero-order valence-corrected chi connectivity index (χ0v) is 6.95. The molecular formula is C7H11N5O. The number of guanidine groups is 1. The maximum Gasteiger partial charge on any atom is 0.344 e. The van der Waals surface area contributed by atoms with E-state index in [2.05, 4.69) is 15.3 Å². The number of urea groups is 1. The van der Waals surface area contributed by atoms with Crippen LogP contribution < -0.4 is 16.8 Å². The average Bonchev–Trinajstić information content (AvgIpc) is 2.51. The van der Waals surface area contributed by atoms with Gasteiger partial charge in [0.05, 0.1) is 6.54 Å². The Morgan fingerprint density at radius 1 is 1.62 bits per heavy atom. The topological polar surface area (TPSA) is 109 Å². The molecule has 0 aliphatic carbocycles. The van der Waals surface area contributed by atoms with E-state index in [1.165, 1.54) is 0 Å². The summed E-state index contributed by atoms with van der Waals surface area (Å²) in [5.74, 6) is -0.246. The van der Waals surface area contributed by atoms with Gasteiger partial charge < -0.3 is 21.8 Å². The molecule has 0 unspecified atom stereocenters. The maximum absolute atomic E-state index is 10.9. The van der Waals surface area contributed by atoms with Crippen LogP contribution in [0.3, 0.4) is 0 Å². The molecule has 6 heteroatoms. The molecule has 0 aromatic carbocycles. The van der Waals surface area contributed by atoms with Crippen molar-refractivity contribution in [3.63, 3.8) is 0 Å². The lowest BCUT2D eigenvalue weighted by Gasteiger charge is -1.98. The lowest BCUT2D eigenvalue weighted by atomic mass is 10.4. The third kappa shape index (κ3) is 3.28. The lowest BCUT2D eigenvalue weighted by Crippen LogP contribution is -2.28. The fourth-order valence-electron chi connectivity index (χ4n) is 0.805. The van der Waals surface area contributed by atoms with Crippen molar-refractivity contribution in [1.82, 2.24) is 10.3 Å². The molecule has 2 amide bonds. The minimum Gasteiger partial charge on any atom is -0.370 e. The summed E-state index contributed by atoms with van der Waals surface area (Å²) < 4.78 is 0. The van der Waals surface area contributed by atoms with E-state index >= 15 is 0 Å². The van der Waals surface area contributed by atoms with Gasteiger partial charge in [-0.15, -0.1) is 0 Å². The summed E-state index contributed by atoms with van der Waals surface area (Å²) >= 11 is 0. The number of hydrogen-bond acceptors (Lipinski definition) is 1. The Balaban J connectivity index is 2.35. The van der Waals surface area contributed by atoms with E-state index in [0.717, 1.165) is 5.69 Å². The maximum atomic E-state index is 10.9. The number of nitrogens with zero attached hydrogens (tertiary/aromatic N) is 1. The highest BCUT2D eigenvalue weighted by molar-refractivity contribution is 5.90. The highest BCUT2D eigenvalue weighted by Crippen LogP contribution is 1.92. The number of H-pyrrole nitrogens is 1. The lowest BCUT2D eigenvalue weighted by molar-refractivity contribution is 0.249. The summed E-state index contributed by atoms with van der Waals surface area (Å²) in [6.07, 6.45) is 1.77. The Hall–Kier alpha value is -1.98. The van der Waals surface area contributed by atoms with E-state index < -0.39 is 6.03 Å². The first-order chi connectivity index (χ1) is 6.18. The molecule has 1 aromatic heterocycles. The van der Waals surface area contributed by atoms with Crippen LogP contribution in [0.25, 0.3) is 0 Å². The van der Waals surface area contributed by atoms with Crippen LogP contribution >= 0.6 is 0 Å². The fourth-order valence-corrected chi connectivity index (χ4v) is 0.805. The van der Waals surface area contributed by atoms with E-state index in [9.17, 15) is 4.79 Å². The molecule has 0 fully saturated rings. The molecule has 0 aliphatic heterocycles. The van der Waals surface area contributed by atoms with Crippen LogP contribution in [0.1, 0.15) is 5.69 Å². The summed E-state index contributed by atoms with van der Waals surface area (Å²) in [5, 5.41) is 2.50. The number of rotatable bonds is 2. The second-order valence-corrected chi connectivity index (χ2v) is 2.39. The summed E-state index contributed by atoms with van der Waals surface area (Å²) in [5.41, 5.74) is 10.9. The summed E-state index contributed by atoms with van der Waals surface area (Å²) in [6.45, 7) is 0.378. The van der Waals surface area contributed by atoms with Crippen molar-refractivity contribution in [1.29, 1.82) is 0 Å². The van der Waals surface area contributed by atoms with Crippen molar-refractivity contribution in [2.24, 2.45) is 16.5 Å². The highest BCUT2D eigenvalue weighted by atomic mass is 16.2. The van der Waals surface area contributed by atoms with E-state index in [1.54, 1.807) is 6.20 Å². The van der Waals surface area contributed by atoms with Gasteiger partial charge in [0.15, 0.2) is 5.96 Å². The van der Waals surface area contributed by atoms with E-state index in [4.69, 9.17) is 11.5 Å². The molecule has 70 valence electrons. The quantitative estimate of drug-likeness (QED) is 0.364. The van der Waals surface area contributed by atoms with Gasteiger partial charge in [-0.05, 0) is 12.1 Å². The van der Waals surface area contributed by atoms with Crippen molar-refractivity contribution in [2.45, 2.75) is 6.54 Å². The van der Waals surface area contributed by atoms with Gasteiger partial charge in [-0.2, -0.15) is 4.99 Å². The number of amides is 2. The Bertz CT molecular complexity index is 299. The number of carbonyl (C=O) groups is 1. The van der Waals surface area contributed by atoms with Gasteiger partial charge in [-0.3, -0.25) is 0 Å². The molecule has 0 aliphatic rings. The van der Waals surface area contributed by atoms with Gasteiger partial charge in [0.25, 0.3) is 0 Å². The number of nitrogens with two attached hydrogens (primary N) is 2. The number of aliphatic imine (C=N–C) groups is 1. The van der Waals surface area contributed by atoms with Crippen molar-refractivity contribution >= 4 is 12.0 Å². The number of carbonyl (C=O) groups excluding carboxylic acids is 1. The minimum atomic E-state index is -0.547. The average molecular weight is 181 g/mol. The van der Waals surface area contributed by atoms with Crippen LogP contribution in [-0.2, 0) is 6.54 Å². The van der Waals surface area contributed by atoms with Crippen LogP contribution in [-0.4, -0.2) is 17.0 Å². The third-order valence-corrected chi connectivity index (χ3v) is 1.32. The zero-order valence-electron chi connectivity index (χ0n) is 6.95. The summed E-state index contributed by atoms with van der Waals surface area (Å²) in [6, 6.07) is 3.13. The van der Waals surface area contributed by atoms with Gasteiger partial charge in [0, 0.05) is 11.9 Å².